The van der Waals surface area contributed by atoms with Crippen LogP contribution in [0.25, 0.3) is 0 Å². The molecule has 2 rings (SSSR count). The number of thiophene rings is 1. The van der Waals surface area contributed by atoms with Crippen molar-refractivity contribution in [2.45, 2.75) is 26.2 Å². The quantitative estimate of drug-likeness (QED) is 0.387. The summed E-state index contributed by atoms with van der Waals surface area (Å²) in [7, 11) is 1.80. The molecule has 0 saturated heterocycles. The van der Waals surface area contributed by atoms with Gasteiger partial charge in [0.15, 0.2) is 5.96 Å². The number of thiazole rings is 1. The second-order valence-corrected chi connectivity index (χ2v) is 6.81. The van der Waals surface area contributed by atoms with E-state index in [0.717, 1.165) is 38.3 Å². The van der Waals surface area contributed by atoms with Crippen molar-refractivity contribution >= 4 is 52.6 Å². The fourth-order valence-electron chi connectivity index (χ4n) is 1.89. The molecular formula is C15H23IN4S2. The first-order valence-electron chi connectivity index (χ1n) is 7.22. The molecule has 2 aromatic heterocycles. The molecule has 0 aliphatic carbocycles. The number of aryl methyl sites for hydroxylation is 1. The number of guanidine groups is 1. The van der Waals surface area contributed by atoms with E-state index < -0.39 is 0 Å². The highest BCUT2D eigenvalue weighted by Crippen LogP contribution is 2.13. The molecule has 0 atom stereocenters. The largest absolute Gasteiger partial charge is 0.356 e. The first-order chi connectivity index (χ1) is 10.3. The minimum atomic E-state index is 0. The van der Waals surface area contributed by atoms with Crippen LogP contribution in [0.5, 0.6) is 0 Å². The van der Waals surface area contributed by atoms with Gasteiger partial charge in [0.25, 0.3) is 0 Å². The Morgan fingerprint density at radius 2 is 2.00 bits per heavy atom. The molecular weight excluding hydrogens is 427 g/mol. The normalized spacial score (nSPS) is 11.1. The van der Waals surface area contributed by atoms with Crippen LogP contribution >= 0.6 is 46.7 Å². The summed E-state index contributed by atoms with van der Waals surface area (Å²) in [5.74, 6) is 0.860. The number of aromatic nitrogens is 1. The summed E-state index contributed by atoms with van der Waals surface area (Å²) < 4.78 is 0. The second kappa shape index (κ2) is 11.0. The molecule has 0 aliphatic heterocycles. The minimum absolute atomic E-state index is 0. The van der Waals surface area contributed by atoms with Crippen molar-refractivity contribution in [1.29, 1.82) is 0 Å². The van der Waals surface area contributed by atoms with Crippen LogP contribution in [-0.2, 0) is 19.3 Å². The van der Waals surface area contributed by atoms with Crippen molar-refractivity contribution in [3.05, 3.63) is 38.5 Å². The number of halogens is 1. The van der Waals surface area contributed by atoms with Crippen molar-refractivity contribution in [3.8, 4) is 0 Å². The third kappa shape index (κ3) is 6.62. The van der Waals surface area contributed by atoms with Crippen molar-refractivity contribution < 1.29 is 0 Å². The van der Waals surface area contributed by atoms with E-state index in [2.05, 4.69) is 45.0 Å². The summed E-state index contributed by atoms with van der Waals surface area (Å²) in [5, 5.41) is 9.97. The zero-order chi connectivity index (χ0) is 14.9. The summed E-state index contributed by atoms with van der Waals surface area (Å²) in [5.41, 5.74) is 0. The smallest absolute Gasteiger partial charge is 0.191 e. The number of hydrogen-bond donors (Lipinski definition) is 2. The summed E-state index contributed by atoms with van der Waals surface area (Å²) in [6.45, 7) is 3.92. The van der Waals surface area contributed by atoms with Crippen LogP contribution in [0.1, 0.15) is 21.7 Å². The Labute approximate surface area is 157 Å². The van der Waals surface area contributed by atoms with E-state index in [1.165, 1.54) is 14.8 Å². The van der Waals surface area contributed by atoms with Gasteiger partial charge in [-0.15, -0.1) is 46.7 Å². The molecule has 0 amide bonds. The SMILES string of the molecule is CCc1cnc(CCNC(=NC)NCCc2cccs2)s1.I. The van der Waals surface area contributed by atoms with Crippen LogP contribution < -0.4 is 10.6 Å². The lowest BCUT2D eigenvalue weighted by atomic mass is 10.3. The van der Waals surface area contributed by atoms with Crippen LogP contribution in [0.2, 0.25) is 0 Å². The predicted octanol–water partition coefficient (Wildman–Crippen LogP) is 3.34. The van der Waals surface area contributed by atoms with Gasteiger partial charge in [-0.05, 0) is 24.3 Å². The van der Waals surface area contributed by atoms with Crippen LogP contribution in [0.3, 0.4) is 0 Å². The topological polar surface area (TPSA) is 49.3 Å². The molecule has 4 nitrogen and oxygen atoms in total. The fourth-order valence-corrected chi connectivity index (χ4v) is 3.47. The summed E-state index contributed by atoms with van der Waals surface area (Å²) in [6, 6.07) is 4.25. The van der Waals surface area contributed by atoms with E-state index in [1.807, 2.05) is 6.20 Å². The van der Waals surface area contributed by atoms with Crippen molar-refractivity contribution in [2.75, 3.05) is 20.1 Å². The van der Waals surface area contributed by atoms with E-state index in [9.17, 15) is 0 Å². The van der Waals surface area contributed by atoms with Crippen molar-refractivity contribution in [1.82, 2.24) is 15.6 Å². The Kier molecular flexibility index (Phi) is 9.65. The van der Waals surface area contributed by atoms with Crippen molar-refractivity contribution in [2.24, 2.45) is 4.99 Å². The molecule has 7 heteroatoms. The van der Waals surface area contributed by atoms with Gasteiger partial charge in [0.1, 0.15) is 0 Å². The number of rotatable bonds is 7. The van der Waals surface area contributed by atoms with Crippen LogP contribution in [0.15, 0.2) is 28.7 Å². The molecule has 2 aromatic rings. The second-order valence-electron chi connectivity index (χ2n) is 4.58. The molecule has 0 fully saturated rings. The van der Waals surface area contributed by atoms with E-state index in [0.29, 0.717) is 0 Å². The Morgan fingerprint density at radius 3 is 2.59 bits per heavy atom. The maximum absolute atomic E-state index is 4.43. The highest BCUT2D eigenvalue weighted by atomic mass is 127. The van der Waals surface area contributed by atoms with Gasteiger partial charge in [-0.25, -0.2) is 4.98 Å². The number of aliphatic imine (C=N–C) groups is 1. The molecule has 22 heavy (non-hydrogen) atoms. The van der Waals surface area contributed by atoms with E-state index in [4.69, 9.17) is 0 Å². The lowest BCUT2D eigenvalue weighted by Gasteiger charge is -2.10. The average Bonchev–Trinajstić information content (AvgIpc) is 3.17. The summed E-state index contributed by atoms with van der Waals surface area (Å²) >= 11 is 3.59. The zero-order valence-corrected chi connectivity index (χ0v) is 16.9. The molecule has 0 aromatic carbocycles. The number of nitrogens with zero attached hydrogens (tertiary/aromatic N) is 2. The van der Waals surface area contributed by atoms with Gasteiger partial charge in [0.05, 0.1) is 5.01 Å². The maximum Gasteiger partial charge on any atom is 0.191 e. The lowest BCUT2D eigenvalue weighted by molar-refractivity contribution is 0.785. The highest BCUT2D eigenvalue weighted by Gasteiger charge is 2.02. The standard InChI is InChI=1S/C15H22N4S2.HI/c1-3-12-11-19-14(21-12)7-9-18-15(16-2)17-8-6-13-5-4-10-20-13;/h4-5,10-11H,3,6-9H2,1-2H3,(H2,16,17,18);1H. The summed E-state index contributed by atoms with van der Waals surface area (Å²) in [6.07, 6.45) is 5.02. The van der Waals surface area contributed by atoms with Crippen LogP contribution in [0, 0.1) is 0 Å². The Hall–Kier alpha value is -0.670. The Morgan fingerprint density at radius 1 is 1.23 bits per heavy atom. The maximum atomic E-state index is 4.43. The average molecular weight is 450 g/mol. The van der Waals surface area contributed by atoms with Gasteiger partial charge in [0.2, 0.25) is 0 Å². The fraction of sp³-hybridized carbons (Fsp3) is 0.467. The number of nitrogens with one attached hydrogen (secondary N) is 2. The van der Waals surface area contributed by atoms with Crippen LogP contribution in [-0.4, -0.2) is 31.1 Å². The van der Waals surface area contributed by atoms with Gasteiger partial charge in [-0.2, -0.15) is 0 Å². The molecule has 122 valence electrons. The summed E-state index contributed by atoms with van der Waals surface area (Å²) in [4.78, 5) is 11.4. The van der Waals surface area contributed by atoms with E-state index in [1.54, 1.807) is 29.7 Å². The predicted molar refractivity (Wildman–Crippen MR) is 108 cm³/mol. The molecule has 0 spiro atoms. The zero-order valence-electron chi connectivity index (χ0n) is 13.0. The van der Waals surface area contributed by atoms with E-state index in [-0.39, 0.29) is 24.0 Å². The molecule has 0 bridgehead atoms. The Bertz CT molecular complexity index is 552. The molecule has 2 heterocycles. The van der Waals surface area contributed by atoms with Gasteiger partial charge in [0, 0.05) is 42.5 Å². The molecule has 0 unspecified atom stereocenters. The molecule has 0 radical (unpaired) electrons. The third-order valence-corrected chi connectivity index (χ3v) is 5.19. The van der Waals surface area contributed by atoms with Crippen LogP contribution in [0.4, 0.5) is 0 Å². The monoisotopic (exact) mass is 450 g/mol. The molecule has 2 N–H and O–H groups in total. The third-order valence-electron chi connectivity index (χ3n) is 3.05. The first kappa shape index (κ1) is 19.4. The van der Waals surface area contributed by atoms with Gasteiger partial charge in [-0.3, -0.25) is 4.99 Å². The molecule has 0 saturated carbocycles. The lowest BCUT2D eigenvalue weighted by Crippen LogP contribution is -2.39. The molecule has 0 aliphatic rings. The number of hydrogen-bond acceptors (Lipinski definition) is 4. The van der Waals surface area contributed by atoms with Gasteiger partial charge in [-0.1, -0.05) is 13.0 Å². The highest BCUT2D eigenvalue weighted by molar-refractivity contribution is 14.0. The van der Waals surface area contributed by atoms with Gasteiger partial charge >= 0.3 is 0 Å². The van der Waals surface area contributed by atoms with E-state index >= 15 is 0 Å². The first-order valence-corrected chi connectivity index (χ1v) is 8.92. The van der Waals surface area contributed by atoms with Crippen molar-refractivity contribution in [3.63, 3.8) is 0 Å². The minimum Gasteiger partial charge on any atom is -0.356 e. The Balaban J connectivity index is 0.00000242. The van der Waals surface area contributed by atoms with Gasteiger partial charge < -0.3 is 10.6 Å².